The van der Waals surface area contributed by atoms with Crippen molar-refractivity contribution in [2.45, 2.75) is 51.6 Å². The minimum atomic E-state index is -4.27. The maximum atomic E-state index is 14.3. The van der Waals surface area contributed by atoms with Crippen LogP contribution < -0.4 is 19.1 Å². The van der Waals surface area contributed by atoms with E-state index in [-0.39, 0.29) is 39.7 Å². The predicted molar refractivity (Wildman–Crippen MR) is 169 cm³/mol. The number of sulfonamides is 1. The number of nitrogens with zero attached hydrogens (tertiary/aromatic N) is 2. The molecule has 1 atom stereocenters. The summed E-state index contributed by atoms with van der Waals surface area (Å²) in [6.45, 7) is 7.53. The molecule has 0 saturated heterocycles. The molecule has 1 unspecified atom stereocenters. The summed E-state index contributed by atoms with van der Waals surface area (Å²) in [5.41, 5.74) is 1.73. The molecule has 0 heterocycles. The normalized spacial score (nSPS) is 12.0. The molecule has 0 spiro atoms. The van der Waals surface area contributed by atoms with Crippen LogP contribution in [0.25, 0.3) is 0 Å². The second-order valence-corrected chi connectivity index (χ2v) is 12.9. The summed E-state index contributed by atoms with van der Waals surface area (Å²) in [4.78, 5) is 29.0. The minimum absolute atomic E-state index is 0.00338. The fourth-order valence-corrected chi connectivity index (χ4v) is 6.06. The molecular weight excluding hydrogens is 590 g/mol. The van der Waals surface area contributed by atoms with Gasteiger partial charge in [0.15, 0.2) is 0 Å². The van der Waals surface area contributed by atoms with E-state index < -0.39 is 28.5 Å². The molecule has 3 aromatic rings. The Morgan fingerprint density at radius 1 is 0.953 bits per heavy atom. The zero-order valence-corrected chi connectivity index (χ0v) is 27.0. The number of nitrogens with one attached hydrogen (secondary N) is 1. The SMILES string of the molecule is CCC(C(=O)NCC(C)C)N(Cc1ccc(OC)cc1)C(=O)CN(c1cc(Cl)ccc1OC)S(=O)(=O)c1ccc(C)cc1. The van der Waals surface area contributed by atoms with Gasteiger partial charge in [0.05, 0.1) is 24.8 Å². The third-order valence-corrected chi connectivity index (χ3v) is 8.89. The Balaban J connectivity index is 2.11. The van der Waals surface area contributed by atoms with Crippen molar-refractivity contribution >= 4 is 39.1 Å². The molecule has 0 fully saturated rings. The van der Waals surface area contributed by atoms with Crippen LogP contribution >= 0.6 is 11.6 Å². The number of hydrogen-bond donors (Lipinski definition) is 1. The van der Waals surface area contributed by atoms with Crippen LogP contribution in [-0.4, -0.2) is 58.5 Å². The van der Waals surface area contributed by atoms with Gasteiger partial charge >= 0.3 is 0 Å². The lowest BCUT2D eigenvalue weighted by atomic mass is 10.1. The van der Waals surface area contributed by atoms with Gasteiger partial charge < -0.3 is 19.7 Å². The topological polar surface area (TPSA) is 105 Å². The molecule has 43 heavy (non-hydrogen) atoms. The molecule has 3 rings (SSSR count). The van der Waals surface area contributed by atoms with E-state index in [0.29, 0.717) is 18.7 Å². The summed E-state index contributed by atoms with van der Waals surface area (Å²) < 4.78 is 40.0. The van der Waals surface area contributed by atoms with Crippen molar-refractivity contribution in [2.75, 3.05) is 31.6 Å². The average Bonchev–Trinajstić information content (AvgIpc) is 2.99. The molecule has 0 aromatic heterocycles. The first kappa shape index (κ1) is 33.7. The molecule has 0 saturated carbocycles. The number of amides is 2. The van der Waals surface area contributed by atoms with Crippen molar-refractivity contribution in [1.82, 2.24) is 10.2 Å². The number of aryl methyl sites for hydroxylation is 1. The number of hydrogen-bond acceptors (Lipinski definition) is 6. The quantitative estimate of drug-likeness (QED) is 0.255. The number of anilines is 1. The molecule has 0 aliphatic rings. The summed E-state index contributed by atoms with van der Waals surface area (Å²) in [5.74, 6) is 0.187. The molecule has 3 aromatic carbocycles. The zero-order chi connectivity index (χ0) is 31.7. The second-order valence-electron chi connectivity index (χ2n) is 10.6. The van der Waals surface area contributed by atoms with Crippen molar-refractivity contribution in [3.05, 3.63) is 82.9 Å². The Labute approximate surface area is 259 Å². The Morgan fingerprint density at radius 2 is 1.60 bits per heavy atom. The molecule has 9 nitrogen and oxygen atoms in total. The van der Waals surface area contributed by atoms with Gasteiger partial charge in [-0.05, 0) is 67.3 Å². The van der Waals surface area contributed by atoms with E-state index in [1.54, 1.807) is 55.6 Å². The van der Waals surface area contributed by atoms with Crippen LogP contribution in [0.1, 0.15) is 38.3 Å². The zero-order valence-electron chi connectivity index (χ0n) is 25.5. The highest BCUT2D eigenvalue weighted by Crippen LogP contribution is 2.35. The lowest BCUT2D eigenvalue weighted by Crippen LogP contribution is -2.52. The van der Waals surface area contributed by atoms with Crippen LogP contribution in [0.4, 0.5) is 5.69 Å². The van der Waals surface area contributed by atoms with E-state index in [1.165, 1.54) is 30.2 Å². The lowest BCUT2D eigenvalue weighted by Gasteiger charge is -2.33. The summed E-state index contributed by atoms with van der Waals surface area (Å²) >= 11 is 6.31. The van der Waals surface area contributed by atoms with E-state index in [1.807, 2.05) is 27.7 Å². The first-order valence-corrected chi connectivity index (χ1v) is 15.9. The molecule has 232 valence electrons. The smallest absolute Gasteiger partial charge is 0.264 e. The van der Waals surface area contributed by atoms with Gasteiger partial charge in [0, 0.05) is 18.1 Å². The highest BCUT2D eigenvalue weighted by atomic mass is 35.5. The van der Waals surface area contributed by atoms with Crippen LogP contribution in [0.5, 0.6) is 11.5 Å². The van der Waals surface area contributed by atoms with Gasteiger partial charge in [-0.25, -0.2) is 8.42 Å². The van der Waals surface area contributed by atoms with Gasteiger partial charge in [0.25, 0.3) is 10.0 Å². The fourth-order valence-electron chi connectivity index (χ4n) is 4.48. The maximum absolute atomic E-state index is 14.3. The van der Waals surface area contributed by atoms with E-state index in [0.717, 1.165) is 15.4 Å². The lowest BCUT2D eigenvalue weighted by molar-refractivity contribution is -0.140. The molecule has 0 radical (unpaired) electrons. The highest BCUT2D eigenvalue weighted by Gasteiger charge is 2.35. The molecule has 11 heteroatoms. The summed E-state index contributed by atoms with van der Waals surface area (Å²) in [6.07, 6.45) is 0.316. The third-order valence-electron chi connectivity index (χ3n) is 6.88. The number of rotatable bonds is 14. The molecule has 2 amide bonds. The van der Waals surface area contributed by atoms with Crippen LogP contribution in [0.3, 0.4) is 0 Å². The van der Waals surface area contributed by atoms with E-state index >= 15 is 0 Å². The minimum Gasteiger partial charge on any atom is -0.497 e. The van der Waals surface area contributed by atoms with Gasteiger partial charge in [-0.1, -0.05) is 62.2 Å². The van der Waals surface area contributed by atoms with Crippen molar-refractivity contribution < 1.29 is 27.5 Å². The number of halogens is 1. The van der Waals surface area contributed by atoms with Gasteiger partial charge in [-0.3, -0.25) is 13.9 Å². The number of carbonyl (C=O) groups is 2. The van der Waals surface area contributed by atoms with Crippen molar-refractivity contribution in [2.24, 2.45) is 5.92 Å². The van der Waals surface area contributed by atoms with E-state index in [9.17, 15) is 18.0 Å². The molecule has 0 aliphatic heterocycles. The van der Waals surface area contributed by atoms with Crippen molar-refractivity contribution in [3.8, 4) is 11.5 Å². The van der Waals surface area contributed by atoms with Crippen LogP contribution in [0.15, 0.2) is 71.6 Å². The highest BCUT2D eigenvalue weighted by molar-refractivity contribution is 7.92. The third kappa shape index (κ3) is 8.64. The van der Waals surface area contributed by atoms with Crippen molar-refractivity contribution in [3.63, 3.8) is 0 Å². The van der Waals surface area contributed by atoms with Crippen LogP contribution in [-0.2, 0) is 26.2 Å². The van der Waals surface area contributed by atoms with Gasteiger partial charge in [0.2, 0.25) is 11.8 Å². The molecule has 0 aliphatic carbocycles. The number of carbonyl (C=O) groups excluding carboxylic acids is 2. The second kappa shape index (κ2) is 15.1. The summed E-state index contributed by atoms with van der Waals surface area (Å²) in [6, 6.07) is 17.2. The fraction of sp³-hybridized carbons (Fsp3) is 0.375. The standard InChI is InChI=1S/C32H40ClN3O6S/c1-7-28(32(38)34-19-22(2)3)35(20-24-10-13-26(41-5)14-11-24)31(37)21-36(29-18-25(33)12-17-30(29)42-6)43(39,40)27-15-8-23(4)9-16-27/h8-18,22,28H,7,19-21H2,1-6H3,(H,34,38). The van der Waals surface area contributed by atoms with Crippen LogP contribution in [0, 0.1) is 12.8 Å². The maximum Gasteiger partial charge on any atom is 0.264 e. The largest absolute Gasteiger partial charge is 0.497 e. The van der Waals surface area contributed by atoms with Crippen LogP contribution in [0.2, 0.25) is 5.02 Å². The first-order valence-electron chi connectivity index (χ1n) is 14.0. The Kier molecular flexibility index (Phi) is 11.9. The van der Waals surface area contributed by atoms with Gasteiger partial charge in [0.1, 0.15) is 24.1 Å². The molecule has 1 N–H and O–H groups in total. The number of ether oxygens (including phenoxy) is 2. The Bertz CT molecular complexity index is 1490. The van der Waals surface area contributed by atoms with Crippen molar-refractivity contribution in [1.29, 1.82) is 0 Å². The van der Waals surface area contributed by atoms with Gasteiger partial charge in [-0.2, -0.15) is 0 Å². The first-order chi connectivity index (χ1) is 20.4. The Morgan fingerprint density at radius 3 is 2.16 bits per heavy atom. The predicted octanol–water partition coefficient (Wildman–Crippen LogP) is 5.44. The monoisotopic (exact) mass is 629 g/mol. The average molecular weight is 630 g/mol. The summed E-state index contributed by atoms with van der Waals surface area (Å²) in [7, 11) is -1.30. The van der Waals surface area contributed by atoms with Gasteiger partial charge in [-0.15, -0.1) is 0 Å². The number of benzene rings is 3. The Hall–Kier alpha value is -3.76. The van der Waals surface area contributed by atoms with E-state index in [2.05, 4.69) is 5.32 Å². The summed E-state index contributed by atoms with van der Waals surface area (Å²) in [5, 5.41) is 3.19. The number of methoxy groups -OCH3 is 2. The molecule has 0 bridgehead atoms. The molecular formula is C32H40ClN3O6S. The van der Waals surface area contributed by atoms with E-state index in [4.69, 9.17) is 21.1 Å².